The van der Waals surface area contributed by atoms with E-state index in [9.17, 15) is 8.42 Å². The molecule has 0 aliphatic rings. The molecule has 140 valence electrons. The zero-order valence-electron chi connectivity index (χ0n) is 14.4. The molecule has 0 aromatic heterocycles. The van der Waals surface area contributed by atoms with Crippen LogP contribution in [0.2, 0.25) is 0 Å². The normalized spacial score (nSPS) is 11.0. The Kier molecular flexibility index (Phi) is 13.8. The minimum Gasteiger partial charge on any atom is -0.396 e. The van der Waals surface area contributed by atoms with Crippen LogP contribution in [0.3, 0.4) is 0 Å². The van der Waals surface area contributed by atoms with Gasteiger partial charge >= 0.3 is 0 Å². The smallest absolute Gasteiger partial charge is 0.296 e. The van der Waals surface area contributed by atoms with Crippen LogP contribution >= 0.6 is 0 Å². The Morgan fingerprint density at radius 3 is 1.71 bits per heavy atom. The Hall–Kier alpha value is -0.990. The van der Waals surface area contributed by atoms with Gasteiger partial charge in [-0.05, 0) is 57.6 Å². The molecule has 1 aromatic carbocycles. The van der Waals surface area contributed by atoms with Gasteiger partial charge < -0.3 is 15.3 Å². The van der Waals surface area contributed by atoms with Crippen LogP contribution in [0.4, 0.5) is 0 Å². The maximum Gasteiger partial charge on any atom is 0.296 e. The van der Waals surface area contributed by atoms with Crippen LogP contribution in [0.1, 0.15) is 44.1 Å². The molecule has 24 heavy (non-hydrogen) atoms. The minimum absolute atomic E-state index is 0.130. The first-order valence-electron chi connectivity index (χ1n) is 8.26. The number of benzene rings is 1. The summed E-state index contributed by atoms with van der Waals surface area (Å²) in [5, 5.41) is 25.0. The van der Waals surface area contributed by atoms with Gasteiger partial charge in [0, 0.05) is 19.8 Å². The third kappa shape index (κ3) is 11.5. The van der Waals surface area contributed by atoms with Crippen LogP contribution in [0.25, 0.3) is 0 Å². The van der Waals surface area contributed by atoms with E-state index in [1.54, 1.807) is 24.3 Å². The van der Waals surface area contributed by atoms with Gasteiger partial charge in [0.2, 0.25) is 0 Å². The largest absolute Gasteiger partial charge is 0.396 e. The van der Waals surface area contributed by atoms with E-state index >= 15 is 0 Å². The number of rotatable bonds is 11. The Labute approximate surface area is 145 Å². The van der Waals surface area contributed by atoms with Crippen LogP contribution < -0.4 is 0 Å². The first kappa shape index (κ1) is 23.0. The fraction of sp³-hybridized carbons (Fsp3) is 0.647. The lowest BCUT2D eigenvalue weighted by Gasteiger charge is -2.05. The molecular weight excluding hydrogens is 332 g/mol. The summed E-state index contributed by atoms with van der Waals surface area (Å²) >= 11 is 0. The van der Waals surface area contributed by atoms with E-state index in [-0.39, 0.29) is 31.3 Å². The van der Waals surface area contributed by atoms with Gasteiger partial charge in [-0.3, -0.25) is 4.18 Å². The molecule has 0 spiro atoms. The SMILES string of the molecule is Cc1ccc(S(=O)(=O)OCCCCCO)cc1.OCCCCCO. The Balaban J connectivity index is 0.000000640. The summed E-state index contributed by atoms with van der Waals surface area (Å²) in [4.78, 5) is 0.185. The van der Waals surface area contributed by atoms with E-state index in [2.05, 4.69) is 0 Å². The highest BCUT2D eigenvalue weighted by molar-refractivity contribution is 7.86. The lowest BCUT2D eigenvalue weighted by molar-refractivity contribution is 0.257. The molecule has 0 amide bonds. The third-order valence-corrected chi connectivity index (χ3v) is 4.49. The summed E-state index contributed by atoms with van der Waals surface area (Å²) in [7, 11) is -3.63. The molecule has 0 aliphatic carbocycles. The zero-order valence-corrected chi connectivity index (χ0v) is 15.2. The predicted molar refractivity (Wildman–Crippen MR) is 93.3 cm³/mol. The molecule has 0 saturated heterocycles. The van der Waals surface area contributed by atoms with Gasteiger partial charge in [-0.1, -0.05) is 17.7 Å². The highest BCUT2D eigenvalue weighted by Gasteiger charge is 2.13. The van der Waals surface area contributed by atoms with Gasteiger partial charge in [-0.15, -0.1) is 0 Å². The van der Waals surface area contributed by atoms with Crippen molar-refractivity contribution in [3.05, 3.63) is 29.8 Å². The van der Waals surface area contributed by atoms with Crippen molar-refractivity contribution in [2.75, 3.05) is 26.4 Å². The van der Waals surface area contributed by atoms with Crippen molar-refractivity contribution in [3.8, 4) is 0 Å². The first-order chi connectivity index (χ1) is 11.5. The van der Waals surface area contributed by atoms with Gasteiger partial charge in [0.15, 0.2) is 0 Å². The van der Waals surface area contributed by atoms with Crippen molar-refractivity contribution in [3.63, 3.8) is 0 Å². The fourth-order valence-electron chi connectivity index (χ4n) is 1.73. The van der Waals surface area contributed by atoms with E-state index < -0.39 is 10.1 Å². The molecule has 0 fully saturated rings. The van der Waals surface area contributed by atoms with Crippen molar-refractivity contribution in [2.45, 2.75) is 50.3 Å². The quantitative estimate of drug-likeness (QED) is 0.411. The van der Waals surface area contributed by atoms with Crippen LogP contribution in [0.15, 0.2) is 29.2 Å². The van der Waals surface area contributed by atoms with E-state index in [4.69, 9.17) is 19.5 Å². The molecule has 0 saturated carbocycles. The summed E-state index contributed by atoms with van der Waals surface area (Å²) in [6, 6.07) is 6.56. The van der Waals surface area contributed by atoms with Gasteiger partial charge in [-0.25, -0.2) is 0 Å². The van der Waals surface area contributed by atoms with E-state index in [0.29, 0.717) is 12.8 Å². The van der Waals surface area contributed by atoms with E-state index in [1.807, 2.05) is 6.92 Å². The number of hydrogen-bond donors (Lipinski definition) is 3. The number of aryl methyl sites for hydroxylation is 1. The summed E-state index contributed by atoms with van der Waals surface area (Å²) in [6.45, 7) is 2.69. The Bertz CT molecular complexity index is 494. The minimum atomic E-state index is -3.63. The first-order valence-corrected chi connectivity index (χ1v) is 9.67. The van der Waals surface area contributed by atoms with Crippen molar-refractivity contribution in [1.29, 1.82) is 0 Å². The van der Waals surface area contributed by atoms with Crippen molar-refractivity contribution in [2.24, 2.45) is 0 Å². The second-order valence-corrected chi connectivity index (χ2v) is 7.00. The number of unbranched alkanes of at least 4 members (excludes halogenated alkanes) is 4. The maximum absolute atomic E-state index is 11.7. The molecule has 0 unspecified atom stereocenters. The molecule has 7 heteroatoms. The zero-order chi connectivity index (χ0) is 18.3. The summed E-state index contributed by atoms with van der Waals surface area (Å²) in [5.74, 6) is 0. The number of aliphatic hydroxyl groups excluding tert-OH is 3. The average molecular weight is 362 g/mol. The molecule has 1 aromatic rings. The highest BCUT2D eigenvalue weighted by atomic mass is 32.2. The second kappa shape index (κ2) is 14.4. The predicted octanol–water partition coefficient (Wildman–Crippen LogP) is 2.00. The molecule has 1 rings (SSSR count). The Morgan fingerprint density at radius 2 is 1.25 bits per heavy atom. The topological polar surface area (TPSA) is 104 Å². The molecule has 0 bridgehead atoms. The molecule has 0 heterocycles. The van der Waals surface area contributed by atoms with Gasteiger partial charge in [0.25, 0.3) is 10.1 Å². The molecule has 0 aliphatic heterocycles. The standard InChI is InChI=1S/C12H18O4S.C5H12O2/c1-11-5-7-12(8-6-11)17(14,15)16-10-4-2-3-9-13;6-4-2-1-3-5-7/h5-8,13H,2-4,9-10H2,1H3;6-7H,1-5H2. The lowest BCUT2D eigenvalue weighted by Crippen LogP contribution is -2.07. The number of aliphatic hydroxyl groups is 3. The van der Waals surface area contributed by atoms with Crippen molar-refractivity contribution in [1.82, 2.24) is 0 Å². The van der Waals surface area contributed by atoms with Gasteiger partial charge in [0.1, 0.15) is 0 Å². The molecule has 6 nitrogen and oxygen atoms in total. The fourth-order valence-corrected chi connectivity index (χ4v) is 2.68. The highest BCUT2D eigenvalue weighted by Crippen LogP contribution is 2.13. The summed E-state index contributed by atoms with van der Waals surface area (Å²) in [6.07, 6.45) is 4.65. The summed E-state index contributed by atoms with van der Waals surface area (Å²) in [5.41, 5.74) is 1.01. The lowest BCUT2D eigenvalue weighted by atomic mass is 10.2. The van der Waals surface area contributed by atoms with Crippen LogP contribution in [0, 0.1) is 6.92 Å². The van der Waals surface area contributed by atoms with Gasteiger partial charge in [0.05, 0.1) is 11.5 Å². The average Bonchev–Trinajstić information content (AvgIpc) is 2.56. The molecule has 0 atom stereocenters. The second-order valence-electron chi connectivity index (χ2n) is 5.38. The molecule has 3 N–H and O–H groups in total. The molecule has 0 radical (unpaired) electrons. The van der Waals surface area contributed by atoms with Crippen molar-refractivity contribution >= 4 is 10.1 Å². The van der Waals surface area contributed by atoms with Crippen LogP contribution in [-0.4, -0.2) is 50.2 Å². The van der Waals surface area contributed by atoms with Crippen molar-refractivity contribution < 1.29 is 27.9 Å². The monoisotopic (exact) mass is 362 g/mol. The maximum atomic E-state index is 11.7. The van der Waals surface area contributed by atoms with Crippen LogP contribution in [-0.2, 0) is 14.3 Å². The van der Waals surface area contributed by atoms with E-state index in [0.717, 1.165) is 31.2 Å². The van der Waals surface area contributed by atoms with E-state index in [1.165, 1.54) is 0 Å². The summed E-state index contributed by atoms with van der Waals surface area (Å²) < 4.78 is 28.3. The van der Waals surface area contributed by atoms with Crippen LogP contribution in [0.5, 0.6) is 0 Å². The van der Waals surface area contributed by atoms with Gasteiger partial charge in [-0.2, -0.15) is 8.42 Å². The number of hydrogen-bond acceptors (Lipinski definition) is 6. The molecular formula is C17H30O6S. The third-order valence-electron chi connectivity index (χ3n) is 3.17. The Morgan fingerprint density at radius 1 is 0.792 bits per heavy atom.